The molecule has 10 heteroatoms. The molecule has 0 unspecified atom stereocenters. The predicted octanol–water partition coefficient (Wildman–Crippen LogP) is 29.7. The Morgan fingerprint density at radius 1 is 0.153 bits per heavy atom. The summed E-state index contributed by atoms with van der Waals surface area (Å²) in [5.74, 6) is 3.46. The van der Waals surface area contributed by atoms with Crippen LogP contribution in [0.15, 0.2) is 446 Å². The molecule has 580 valence electrons. The van der Waals surface area contributed by atoms with Crippen LogP contribution in [0.1, 0.15) is 0 Å². The molecule has 0 radical (unpaired) electrons. The Morgan fingerprint density at radius 3 is 0.774 bits per heavy atom. The summed E-state index contributed by atoms with van der Waals surface area (Å²) < 4.78 is 18.6. The van der Waals surface area contributed by atoms with Gasteiger partial charge in [0.1, 0.15) is 22.3 Å². The standard InChI is InChI=1S/2C57H36N4O/c1-4-15-37(16-5-1)40-29-31-41(32-30-40)55-58-56(44-23-12-21-42(33-44)38-17-6-2-7-18-38)60-57(59-55)48-27-14-26-47-50-35-52-49(36-53(50)62-54(47)48)46-25-10-11-28-51(46)61(52)45-24-13-22-43(34-45)39-19-8-3-9-20-39;1-4-14-37(15-5-1)40-26-30-42(31-27-40)55-58-56(43-32-28-41(29-33-43)38-16-6-2-7-17-38)60-57(59-55)48-24-13-23-47-50-35-52-49(36-53(50)62-54(47)48)46-22-10-11-25-51(46)61(52)45-21-12-20-44(34-45)39-18-8-3-9-19-39/h2*1-36H. The van der Waals surface area contributed by atoms with E-state index in [-0.39, 0.29) is 0 Å². The molecule has 0 spiro atoms. The zero-order valence-electron chi connectivity index (χ0n) is 67.0. The SMILES string of the molecule is c1ccc(-c2ccc(-c3nc(-c4ccc(-c5ccccc5)cc4)nc(-c4cccc5c4oc4cc6c7ccccc7n(-c7cccc(-c8ccccc8)c7)c6cc45)n3)cc2)cc1.c1ccc(-c2ccc(-c3nc(-c4cccc(-c5ccccc5)c4)nc(-c4cccc5c4oc4cc6c7ccccc7n(-c7cccc(-c8ccccc8)c7)c6cc45)n3)cc2)cc1. The molecule has 24 aromatic rings. The predicted molar refractivity (Wildman–Crippen MR) is 508 cm³/mol. The normalized spacial score (nSPS) is 11.5. The van der Waals surface area contributed by atoms with Gasteiger partial charge in [0, 0.05) is 76.7 Å². The van der Waals surface area contributed by atoms with Crippen LogP contribution in [0, 0.1) is 0 Å². The van der Waals surface area contributed by atoms with Crippen molar-refractivity contribution >= 4 is 87.5 Å². The molecule has 0 fully saturated rings. The fourth-order valence-corrected chi connectivity index (χ4v) is 17.6. The molecule has 6 heterocycles. The number of benzene rings is 18. The summed E-state index contributed by atoms with van der Waals surface area (Å²) in [5.41, 5.74) is 28.8. The second-order valence-corrected chi connectivity index (χ2v) is 31.2. The molecule has 24 rings (SSSR count). The van der Waals surface area contributed by atoms with Gasteiger partial charge in [-0.3, -0.25) is 0 Å². The highest BCUT2D eigenvalue weighted by Gasteiger charge is 2.25. The second kappa shape index (κ2) is 30.8. The van der Waals surface area contributed by atoms with Crippen LogP contribution in [0.4, 0.5) is 0 Å². The number of aromatic nitrogens is 8. The lowest BCUT2D eigenvalue weighted by atomic mass is 10.0. The Balaban J connectivity index is 0.000000143. The highest BCUT2D eigenvalue weighted by Crippen LogP contribution is 2.45. The van der Waals surface area contributed by atoms with Gasteiger partial charge in [-0.15, -0.1) is 0 Å². The van der Waals surface area contributed by atoms with Crippen molar-refractivity contribution in [1.82, 2.24) is 39.0 Å². The molecule has 0 aliphatic rings. The minimum absolute atomic E-state index is 0.546. The highest BCUT2D eigenvalue weighted by atomic mass is 16.3. The first kappa shape index (κ1) is 72.4. The van der Waals surface area contributed by atoms with Crippen molar-refractivity contribution in [2.75, 3.05) is 0 Å². The summed E-state index contributed by atoms with van der Waals surface area (Å²) >= 11 is 0. The molecule has 0 bridgehead atoms. The van der Waals surface area contributed by atoms with Gasteiger partial charge < -0.3 is 18.0 Å². The summed E-state index contributed by atoms with van der Waals surface area (Å²) in [6.45, 7) is 0. The zero-order chi connectivity index (χ0) is 82.0. The van der Waals surface area contributed by atoms with Crippen LogP contribution in [-0.4, -0.2) is 39.0 Å². The van der Waals surface area contributed by atoms with Gasteiger partial charge in [-0.05, 0) is 146 Å². The van der Waals surface area contributed by atoms with E-state index >= 15 is 0 Å². The Kier molecular flexibility index (Phi) is 18.0. The van der Waals surface area contributed by atoms with Crippen molar-refractivity contribution in [2.24, 2.45) is 0 Å². The Bertz CT molecular complexity index is 8070. The van der Waals surface area contributed by atoms with Crippen molar-refractivity contribution in [3.63, 3.8) is 0 Å². The van der Waals surface area contributed by atoms with E-state index in [2.05, 4.69) is 422 Å². The molecule has 6 aromatic heterocycles. The maximum absolute atomic E-state index is 6.91. The average molecular weight is 1590 g/mol. The molecular formula is C114H72N8O2. The molecule has 0 atom stereocenters. The van der Waals surface area contributed by atoms with E-state index in [4.69, 9.17) is 38.7 Å². The Morgan fingerprint density at radius 2 is 0.411 bits per heavy atom. The van der Waals surface area contributed by atoms with Crippen LogP contribution in [0.5, 0.6) is 0 Å². The first-order chi connectivity index (χ1) is 61.4. The van der Waals surface area contributed by atoms with Gasteiger partial charge in [0.2, 0.25) is 0 Å². The van der Waals surface area contributed by atoms with Gasteiger partial charge in [-0.25, -0.2) is 29.9 Å². The number of hydrogen-bond donors (Lipinski definition) is 0. The van der Waals surface area contributed by atoms with E-state index in [1.165, 1.54) is 27.6 Å². The maximum atomic E-state index is 6.91. The first-order valence-electron chi connectivity index (χ1n) is 41.7. The molecule has 0 saturated carbocycles. The molecule has 10 nitrogen and oxygen atoms in total. The number of fused-ring (bicyclic) bond motifs is 12. The number of hydrogen-bond acceptors (Lipinski definition) is 8. The van der Waals surface area contributed by atoms with E-state index in [1.807, 2.05) is 24.3 Å². The third-order valence-electron chi connectivity index (χ3n) is 23.7. The molecular weight excluding hydrogens is 1510 g/mol. The van der Waals surface area contributed by atoms with E-state index < -0.39 is 0 Å². The lowest BCUT2D eigenvalue weighted by molar-refractivity contribution is 0.669. The number of nitrogens with zero attached hydrogens (tertiary/aromatic N) is 8. The average Bonchev–Trinajstić information content (AvgIpc) is 1.57. The maximum Gasteiger partial charge on any atom is 0.167 e. The third-order valence-corrected chi connectivity index (χ3v) is 23.7. The highest BCUT2D eigenvalue weighted by molar-refractivity contribution is 6.20. The summed E-state index contributed by atoms with van der Waals surface area (Å²) in [6, 6.07) is 153. The number of rotatable bonds is 14. The van der Waals surface area contributed by atoms with Gasteiger partial charge in [-0.2, -0.15) is 0 Å². The van der Waals surface area contributed by atoms with E-state index in [0.29, 0.717) is 34.9 Å². The van der Waals surface area contributed by atoms with Crippen LogP contribution in [-0.2, 0) is 0 Å². The summed E-state index contributed by atoms with van der Waals surface area (Å²) in [5, 5.41) is 8.63. The van der Waals surface area contributed by atoms with Crippen LogP contribution in [0.2, 0.25) is 0 Å². The molecule has 0 aliphatic carbocycles. The van der Waals surface area contributed by atoms with Crippen molar-refractivity contribution in [3.8, 4) is 146 Å². The lowest BCUT2D eigenvalue weighted by Crippen LogP contribution is -2.00. The molecule has 124 heavy (non-hydrogen) atoms. The lowest BCUT2D eigenvalue weighted by Gasteiger charge is -2.10. The monoisotopic (exact) mass is 1580 g/mol. The van der Waals surface area contributed by atoms with Crippen LogP contribution in [0.25, 0.3) is 234 Å². The van der Waals surface area contributed by atoms with Crippen LogP contribution >= 0.6 is 0 Å². The fourth-order valence-electron chi connectivity index (χ4n) is 17.6. The quantitative estimate of drug-likeness (QED) is 0.106. The van der Waals surface area contributed by atoms with Gasteiger partial charge in [0.25, 0.3) is 0 Å². The number of para-hydroxylation sites is 4. The van der Waals surface area contributed by atoms with Gasteiger partial charge in [0.05, 0.1) is 33.2 Å². The zero-order valence-corrected chi connectivity index (χ0v) is 67.0. The van der Waals surface area contributed by atoms with E-state index in [9.17, 15) is 0 Å². The van der Waals surface area contributed by atoms with Crippen molar-refractivity contribution in [3.05, 3.63) is 437 Å². The molecule has 0 amide bonds. The smallest absolute Gasteiger partial charge is 0.167 e. The summed E-state index contributed by atoms with van der Waals surface area (Å²) in [4.78, 5) is 31.0. The molecule has 18 aromatic carbocycles. The second-order valence-electron chi connectivity index (χ2n) is 31.2. The third kappa shape index (κ3) is 13.3. The number of furan rings is 2. The summed E-state index contributed by atoms with van der Waals surface area (Å²) in [7, 11) is 0. The van der Waals surface area contributed by atoms with Crippen molar-refractivity contribution in [2.45, 2.75) is 0 Å². The molecule has 0 N–H and O–H groups in total. The summed E-state index contributed by atoms with van der Waals surface area (Å²) in [6.07, 6.45) is 0. The van der Waals surface area contributed by atoms with E-state index in [1.54, 1.807) is 0 Å². The van der Waals surface area contributed by atoms with Crippen molar-refractivity contribution in [1.29, 1.82) is 0 Å². The fraction of sp³-hybridized carbons (Fsp3) is 0. The minimum atomic E-state index is 0.546. The first-order valence-corrected chi connectivity index (χ1v) is 41.7. The van der Waals surface area contributed by atoms with Gasteiger partial charge >= 0.3 is 0 Å². The largest absolute Gasteiger partial charge is 0.455 e. The van der Waals surface area contributed by atoms with Crippen LogP contribution < -0.4 is 0 Å². The minimum Gasteiger partial charge on any atom is -0.455 e. The molecule has 0 saturated heterocycles. The topological polar surface area (TPSA) is 113 Å². The Labute approximate surface area is 713 Å². The van der Waals surface area contributed by atoms with Crippen LogP contribution in [0.3, 0.4) is 0 Å². The van der Waals surface area contributed by atoms with Gasteiger partial charge in [-0.1, -0.05) is 358 Å². The van der Waals surface area contributed by atoms with Crippen molar-refractivity contribution < 1.29 is 8.83 Å². The Hall–Kier alpha value is -16.8. The van der Waals surface area contributed by atoms with E-state index in [0.717, 1.165) is 171 Å². The van der Waals surface area contributed by atoms with Gasteiger partial charge in [0.15, 0.2) is 34.9 Å². The molecule has 0 aliphatic heterocycles.